The molecule has 9 heavy (non-hydrogen) atoms. The zero-order valence-corrected chi connectivity index (χ0v) is 7.27. The van der Waals surface area contributed by atoms with Crippen molar-refractivity contribution in [1.82, 2.24) is 4.98 Å². The molecule has 0 aromatic carbocycles. The van der Waals surface area contributed by atoms with E-state index in [1.54, 1.807) is 22.6 Å². The molecule has 5 heteroatoms. The van der Waals surface area contributed by atoms with Gasteiger partial charge in [-0.05, 0) is 0 Å². The number of rotatable bonds is 1. The maximum Gasteiger partial charge on any atom is 0.233 e. The third-order valence-electron chi connectivity index (χ3n) is 0.717. The van der Waals surface area contributed by atoms with Crippen LogP contribution in [0.1, 0.15) is 9.67 Å². The normalized spacial score (nSPS) is 9.44. The van der Waals surface area contributed by atoms with Gasteiger partial charge >= 0.3 is 0 Å². The minimum absolute atomic E-state index is 0.0122. The lowest BCUT2D eigenvalue weighted by atomic mass is 10.6. The Labute approximate surface area is 69.4 Å². The zero-order valence-electron chi connectivity index (χ0n) is 4.30. The van der Waals surface area contributed by atoms with Gasteiger partial charge in [0.25, 0.3) is 0 Å². The molecule has 0 aliphatic rings. The van der Waals surface area contributed by atoms with Crippen LogP contribution in [0.5, 0.6) is 0 Å². The van der Waals surface area contributed by atoms with Gasteiger partial charge in [0.2, 0.25) is 3.79 Å². The molecule has 1 aromatic rings. The Morgan fingerprint density at radius 2 is 2.56 bits per heavy atom. The van der Waals surface area contributed by atoms with E-state index in [4.69, 9.17) is 5.73 Å². The third-order valence-corrected chi connectivity index (χ3v) is 2.49. The molecule has 0 radical (unpaired) electrons. The summed E-state index contributed by atoms with van der Waals surface area (Å²) in [7, 11) is 0. The van der Waals surface area contributed by atoms with Crippen LogP contribution in [0.3, 0.4) is 0 Å². The molecular weight excluding hydrogens is 251 g/mol. The van der Waals surface area contributed by atoms with E-state index in [0.29, 0.717) is 10.0 Å². The summed E-state index contributed by atoms with van der Waals surface area (Å²) < 4.78 is -0.0122. The molecule has 48 valence electrons. The first-order valence-corrected chi connectivity index (χ1v) is 4.01. The van der Waals surface area contributed by atoms with Gasteiger partial charge < -0.3 is 5.73 Å². The molecule has 0 saturated carbocycles. The second kappa shape index (κ2) is 2.61. The van der Waals surface area contributed by atoms with E-state index < -0.39 is 0 Å². The summed E-state index contributed by atoms with van der Waals surface area (Å²) >= 11 is 2.90. The summed E-state index contributed by atoms with van der Waals surface area (Å²) in [6, 6.07) is 0. The van der Waals surface area contributed by atoms with Gasteiger partial charge in [-0.3, -0.25) is 4.79 Å². The summed E-state index contributed by atoms with van der Waals surface area (Å²) in [6.07, 6.45) is 1.48. The van der Waals surface area contributed by atoms with E-state index in [1.807, 2.05) is 0 Å². The summed E-state index contributed by atoms with van der Waals surface area (Å²) in [5.74, 6) is 0. The summed E-state index contributed by atoms with van der Waals surface area (Å²) in [5, 5.41) is 0.440. The highest BCUT2D eigenvalue weighted by molar-refractivity contribution is 14.1. The third kappa shape index (κ3) is 1.62. The number of nitrogens with two attached hydrogens (primary N) is 1. The highest BCUT2D eigenvalue weighted by Crippen LogP contribution is 2.16. The maximum atomic E-state index is 10.6. The van der Waals surface area contributed by atoms with Crippen LogP contribution in [0.15, 0.2) is 6.20 Å². The van der Waals surface area contributed by atoms with Crippen LogP contribution in [-0.2, 0) is 0 Å². The lowest BCUT2D eigenvalue weighted by Crippen LogP contribution is -1.78. The minimum atomic E-state index is -0.0122. The largest absolute Gasteiger partial charge is 0.375 e. The van der Waals surface area contributed by atoms with E-state index in [9.17, 15) is 4.79 Å². The van der Waals surface area contributed by atoms with Gasteiger partial charge in [-0.15, -0.1) is 0 Å². The van der Waals surface area contributed by atoms with Crippen molar-refractivity contribution in [2.24, 2.45) is 0 Å². The molecule has 0 bridgehead atoms. The number of anilines is 1. The van der Waals surface area contributed by atoms with Crippen LogP contribution < -0.4 is 5.73 Å². The Morgan fingerprint density at radius 1 is 1.89 bits per heavy atom. The maximum absolute atomic E-state index is 10.6. The van der Waals surface area contributed by atoms with E-state index in [0.717, 1.165) is 0 Å². The fourth-order valence-electron chi connectivity index (χ4n) is 0.378. The standard InChI is InChI=1S/C4H3IN2OS/c5-3(8)2-1-7-4(6)9-2/h1H,(H2,6,7). The van der Waals surface area contributed by atoms with E-state index in [-0.39, 0.29) is 3.79 Å². The van der Waals surface area contributed by atoms with Gasteiger partial charge in [0.15, 0.2) is 5.13 Å². The fourth-order valence-corrected chi connectivity index (χ4v) is 1.36. The van der Waals surface area contributed by atoms with Crippen molar-refractivity contribution in [3.63, 3.8) is 0 Å². The van der Waals surface area contributed by atoms with Crippen molar-refractivity contribution >= 4 is 42.8 Å². The van der Waals surface area contributed by atoms with Crippen LogP contribution in [0.4, 0.5) is 5.13 Å². The Bertz CT molecular complexity index is 234. The van der Waals surface area contributed by atoms with Crippen LogP contribution in [0.25, 0.3) is 0 Å². The number of hydrogen-bond acceptors (Lipinski definition) is 4. The van der Waals surface area contributed by atoms with Crippen LogP contribution in [0.2, 0.25) is 0 Å². The fraction of sp³-hybridized carbons (Fsp3) is 0. The molecule has 0 unspecified atom stereocenters. The predicted molar refractivity (Wildman–Crippen MR) is 44.9 cm³/mol. The van der Waals surface area contributed by atoms with E-state index in [1.165, 1.54) is 17.5 Å². The molecule has 0 fully saturated rings. The number of aromatic nitrogens is 1. The molecule has 1 aromatic heterocycles. The summed E-state index contributed by atoms with van der Waals surface area (Å²) in [5.41, 5.74) is 5.27. The van der Waals surface area contributed by atoms with Gasteiger partial charge in [-0.2, -0.15) is 0 Å². The van der Waals surface area contributed by atoms with Crippen molar-refractivity contribution in [2.75, 3.05) is 5.73 Å². The van der Waals surface area contributed by atoms with Crippen molar-refractivity contribution in [2.45, 2.75) is 0 Å². The van der Waals surface area contributed by atoms with Crippen molar-refractivity contribution in [1.29, 1.82) is 0 Å². The number of thiazole rings is 1. The predicted octanol–water partition coefficient (Wildman–Crippen LogP) is 1.30. The highest BCUT2D eigenvalue weighted by atomic mass is 127. The Morgan fingerprint density at radius 3 is 2.78 bits per heavy atom. The van der Waals surface area contributed by atoms with Crippen LogP contribution in [-0.4, -0.2) is 8.77 Å². The molecule has 3 nitrogen and oxygen atoms in total. The van der Waals surface area contributed by atoms with Crippen molar-refractivity contribution < 1.29 is 4.79 Å². The number of nitrogen functional groups attached to an aromatic ring is 1. The topological polar surface area (TPSA) is 56.0 Å². The number of carbonyl (C=O) groups is 1. The molecule has 1 heterocycles. The molecule has 0 aliphatic heterocycles. The average Bonchev–Trinajstić information content (AvgIpc) is 2.14. The molecule has 1 rings (SSSR count). The SMILES string of the molecule is Nc1ncc(C(=O)I)s1. The molecule has 2 N–H and O–H groups in total. The van der Waals surface area contributed by atoms with Crippen molar-refractivity contribution in [3.05, 3.63) is 11.1 Å². The Kier molecular flexibility index (Phi) is 2.01. The second-order valence-electron chi connectivity index (χ2n) is 1.34. The quantitative estimate of drug-likeness (QED) is 0.607. The average molecular weight is 254 g/mol. The van der Waals surface area contributed by atoms with Crippen molar-refractivity contribution in [3.8, 4) is 0 Å². The monoisotopic (exact) mass is 254 g/mol. The first-order chi connectivity index (χ1) is 4.20. The van der Waals surface area contributed by atoms with Crippen LogP contribution in [0, 0.1) is 0 Å². The number of carbonyl (C=O) groups excluding carboxylic acids is 1. The van der Waals surface area contributed by atoms with Gasteiger partial charge in [0, 0.05) is 22.6 Å². The second-order valence-corrected chi connectivity index (χ2v) is 3.38. The summed E-state index contributed by atoms with van der Waals surface area (Å²) in [6.45, 7) is 0. The lowest BCUT2D eigenvalue weighted by Gasteiger charge is -1.77. The number of halogens is 1. The van der Waals surface area contributed by atoms with E-state index in [2.05, 4.69) is 4.98 Å². The van der Waals surface area contributed by atoms with Gasteiger partial charge in [-0.1, -0.05) is 11.3 Å². The zero-order chi connectivity index (χ0) is 6.85. The smallest absolute Gasteiger partial charge is 0.233 e. The lowest BCUT2D eigenvalue weighted by molar-refractivity contribution is 0.110. The Balaban J connectivity index is 2.98. The number of nitrogens with zero attached hydrogens (tertiary/aromatic N) is 1. The molecule has 0 amide bonds. The van der Waals surface area contributed by atoms with E-state index >= 15 is 0 Å². The molecule has 0 aliphatic carbocycles. The highest BCUT2D eigenvalue weighted by Gasteiger charge is 2.03. The van der Waals surface area contributed by atoms with Crippen LogP contribution >= 0.6 is 33.9 Å². The minimum Gasteiger partial charge on any atom is -0.375 e. The van der Waals surface area contributed by atoms with Gasteiger partial charge in [-0.25, -0.2) is 4.98 Å². The molecule has 0 spiro atoms. The summed E-state index contributed by atoms with van der Waals surface area (Å²) in [4.78, 5) is 14.9. The first kappa shape index (κ1) is 6.94. The van der Waals surface area contributed by atoms with Gasteiger partial charge in [0.05, 0.1) is 6.20 Å². The molecular formula is C4H3IN2OS. The first-order valence-electron chi connectivity index (χ1n) is 2.11. The number of hydrogen-bond donors (Lipinski definition) is 1. The molecule has 0 saturated heterocycles. The Hall–Kier alpha value is -0.170. The van der Waals surface area contributed by atoms with Gasteiger partial charge in [0.1, 0.15) is 4.88 Å². The molecule has 0 atom stereocenters.